The summed E-state index contributed by atoms with van der Waals surface area (Å²) in [5, 5.41) is 3.52. The molecule has 2 rings (SSSR count). The molecule has 4 nitrogen and oxygen atoms in total. The topological polar surface area (TPSA) is 33.1 Å². The lowest BCUT2D eigenvalue weighted by atomic mass is 9.92. The molecule has 2 heterocycles. The minimum atomic E-state index is 0.499. The molecule has 0 aromatic carbocycles. The van der Waals surface area contributed by atoms with Crippen LogP contribution in [0.3, 0.4) is 0 Å². The largest absolute Gasteiger partial charge is 0.336 e. The quantitative estimate of drug-likeness (QED) is 0.884. The van der Waals surface area contributed by atoms with Crippen LogP contribution in [0, 0.1) is 5.92 Å². The van der Waals surface area contributed by atoms with Gasteiger partial charge in [0.2, 0.25) is 0 Å². The van der Waals surface area contributed by atoms with Gasteiger partial charge in [-0.25, -0.2) is 4.98 Å². The molecule has 1 saturated heterocycles. The lowest BCUT2D eigenvalue weighted by molar-refractivity contribution is 0.182. The van der Waals surface area contributed by atoms with E-state index in [1.165, 1.54) is 31.5 Å². The number of hydrogen-bond donors (Lipinski definition) is 1. The molecule has 0 radical (unpaired) electrons. The van der Waals surface area contributed by atoms with E-state index in [0.29, 0.717) is 12.0 Å². The highest BCUT2D eigenvalue weighted by molar-refractivity contribution is 5.08. The molecule has 1 aromatic rings. The SMILES string of the molecule is CCNCC1CCCCN(C)C1c1cncn1C. The van der Waals surface area contributed by atoms with Crippen molar-refractivity contribution in [2.75, 3.05) is 26.7 Å². The average Bonchev–Trinajstić information content (AvgIpc) is 2.68. The van der Waals surface area contributed by atoms with Crippen molar-refractivity contribution in [1.29, 1.82) is 0 Å². The summed E-state index contributed by atoms with van der Waals surface area (Å²) in [5.74, 6) is 0.688. The molecule has 1 N–H and O–H groups in total. The Bertz CT molecular complexity index is 360. The van der Waals surface area contributed by atoms with Crippen molar-refractivity contribution in [2.45, 2.75) is 32.2 Å². The van der Waals surface area contributed by atoms with Gasteiger partial charge in [0.15, 0.2) is 0 Å². The highest BCUT2D eigenvalue weighted by Crippen LogP contribution is 2.33. The minimum absolute atomic E-state index is 0.499. The Labute approximate surface area is 110 Å². The number of hydrogen-bond acceptors (Lipinski definition) is 3. The lowest BCUT2D eigenvalue weighted by Crippen LogP contribution is -2.35. The van der Waals surface area contributed by atoms with Gasteiger partial charge >= 0.3 is 0 Å². The first kappa shape index (κ1) is 13.6. The normalized spacial score (nSPS) is 26.2. The average molecular weight is 250 g/mol. The van der Waals surface area contributed by atoms with Crippen LogP contribution in [0.1, 0.15) is 37.9 Å². The van der Waals surface area contributed by atoms with E-state index < -0.39 is 0 Å². The fraction of sp³-hybridized carbons (Fsp3) is 0.786. The van der Waals surface area contributed by atoms with Crippen molar-refractivity contribution in [2.24, 2.45) is 13.0 Å². The zero-order valence-corrected chi connectivity index (χ0v) is 11.9. The summed E-state index contributed by atoms with van der Waals surface area (Å²) in [7, 11) is 4.35. The summed E-state index contributed by atoms with van der Waals surface area (Å²) in [4.78, 5) is 6.80. The summed E-state index contributed by atoms with van der Waals surface area (Å²) in [6, 6.07) is 0.499. The Morgan fingerprint density at radius 1 is 1.39 bits per heavy atom. The predicted molar refractivity (Wildman–Crippen MR) is 74.5 cm³/mol. The smallest absolute Gasteiger partial charge is 0.0946 e. The summed E-state index contributed by atoms with van der Waals surface area (Å²) >= 11 is 0. The number of rotatable bonds is 4. The van der Waals surface area contributed by atoms with Crippen molar-refractivity contribution in [3.63, 3.8) is 0 Å². The standard InChI is InChI=1S/C14H26N4/c1-4-15-9-12-7-5-6-8-17(2)14(12)13-10-16-11-18(13)3/h10-12,14-15H,4-9H2,1-3H3. The molecular weight excluding hydrogens is 224 g/mol. The maximum Gasteiger partial charge on any atom is 0.0946 e. The second kappa shape index (κ2) is 6.34. The van der Waals surface area contributed by atoms with Crippen LogP contribution in [0.4, 0.5) is 0 Å². The van der Waals surface area contributed by atoms with Gasteiger partial charge in [-0.1, -0.05) is 13.3 Å². The second-order valence-electron chi connectivity index (χ2n) is 5.42. The third-order valence-electron chi connectivity index (χ3n) is 4.07. The molecule has 1 aliphatic rings. The third kappa shape index (κ3) is 2.93. The van der Waals surface area contributed by atoms with Gasteiger partial charge in [0, 0.05) is 13.2 Å². The Morgan fingerprint density at radius 3 is 2.89 bits per heavy atom. The maximum absolute atomic E-state index is 4.29. The van der Waals surface area contributed by atoms with Gasteiger partial charge in [-0.2, -0.15) is 0 Å². The van der Waals surface area contributed by atoms with Crippen LogP contribution in [0.15, 0.2) is 12.5 Å². The van der Waals surface area contributed by atoms with Crippen LogP contribution in [-0.2, 0) is 7.05 Å². The summed E-state index contributed by atoms with van der Waals surface area (Å²) in [6.07, 6.45) is 7.92. The van der Waals surface area contributed by atoms with Gasteiger partial charge in [0.25, 0.3) is 0 Å². The maximum atomic E-state index is 4.29. The van der Waals surface area contributed by atoms with Gasteiger partial charge in [0.1, 0.15) is 0 Å². The Kier molecular flexibility index (Phi) is 4.78. The number of nitrogens with zero attached hydrogens (tertiary/aromatic N) is 3. The van der Waals surface area contributed by atoms with E-state index in [4.69, 9.17) is 0 Å². The first-order chi connectivity index (χ1) is 8.74. The first-order valence-corrected chi connectivity index (χ1v) is 7.11. The van der Waals surface area contributed by atoms with Gasteiger partial charge in [0.05, 0.1) is 18.1 Å². The molecule has 0 saturated carbocycles. The van der Waals surface area contributed by atoms with Gasteiger partial charge in [-0.15, -0.1) is 0 Å². The Hall–Kier alpha value is -0.870. The molecule has 102 valence electrons. The molecular formula is C14H26N4. The molecule has 1 aliphatic heterocycles. The molecule has 0 aliphatic carbocycles. The third-order valence-corrected chi connectivity index (χ3v) is 4.07. The number of imidazole rings is 1. The fourth-order valence-corrected chi connectivity index (χ4v) is 3.09. The van der Waals surface area contributed by atoms with Gasteiger partial charge < -0.3 is 9.88 Å². The van der Waals surface area contributed by atoms with E-state index in [-0.39, 0.29) is 0 Å². The molecule has 18 heavy (non-hydrogen) atoms. The van der Waals surface area contributed by atoms with E-state index in [9.17, 15) is 0 Å². The predicted octanol–water partition coefficient (Wildman–Crippen LogP) is 1.80. The Balaban J connectivity index is 2.20. The zero-order chi connectivity index (χ0) is 13.0. The van der Waals surface area contributed by atoms with Crippen LogP contribution < -0.4 is 5.32 Å². The highest BCUT2D eigenvalue weighted by atomic mass is 15.2. The van der Waals surface area contributed by atoms with E-state index in [2.05, 4.69) is 40.8 Å². The first-order valence-electron chi connectivity index (χ1n) is 7.11. The van der Waals surface area contributed by atoms with Crippen molar-refractivity contribution < 1.29 is 0 Å². The molecule has 2 unspecified atom stereocenters. The number of aryl methyl sites for hydroxylation is 1. The van der Waals surface area contributed by atoms with Crippen molar-refractivity contribution >= 4 is 0 Å². The van der Waals surface area contributed by atoms with E-state index in [1.807, 2.05) is 12.5 Å². The number of aromatic nitrogens is 2. The monoisotopic (exact) mass is 250 g/mol. The number of nitrogens with one attached hydrogen (secondary N) is 1. The summed E-state index contributed by atoms with van der Waals surface area (Å²) < 4.78 is 2.17. The van der Waals surface area contributed by atoms with Crippen LogP contribution in [0.25, 0.3) is 0 Å². The summed E-state index contributed by atoms with van der Waals surface area (Å²) in [5.41, 5.74) is 1.35. The summed E-state index contributed by atoms with van der Waals surface area (Å²) in [6.45, 7) is 5.53. The van der Waals surface area contributed by atoms with E-state index in [1.54, 1.807) is 0 Å². The van der Waals surface area contributed by atoms with Crippen LogP contribution >= 0.6 is 0 Å². The van der Waals surface area contributed by atoms with Crippen LogP contribution in [0.2, 0.25) is 0 Å². The Morgan fingerprint density at radius 2 is 2.22 bits per heavy atom. The fourth-order valence-electron chi connectivity index (χ4n) is 3.09. The van der Waals surface area contributed by atoms with Crippen LogP contribution in [0.5, 0.6) is 0 Å². The van der Waals surface area contributed by atoms with Gasteiger partial charge in [-0.05, 0) is 45.4 Å². The molecule has 0 spiro atoms. The van der Waals surface area contributed by atoms with Crippen molar-refractivity contribution in [1.82, 2.24) is 19.8 Å². The molecule has 2 atom stereocenters. The van der Waals surface area contributed by atoms with Gasteiger partial charge in [-0.3, -0.25) is 4.90 Å². The highest BCUT2D eigenvalue weighted by Gasteiger charge is 2.30. The zero-order valence-electron chi connectivity index (χ0n) is 11.9. The lowest BCUT2D eigenvalue weighted by Gasteiger charge is -2.32. The van der Waals surface area contributed by atoms with Crippen LogP contribution in [-0.4, -0.2) is 41.1 Å². The molecule has 0 bridgehead atoms. The molecule has 1 aromatic heterocycles. The second-order valence-corrected chi connectivity index (χ2v) is 5.42. The number of likely N-dealkylation sites (tertiary alicyclic amines) is 1. The van der Waals surface area contributed by atoms with E-state index >= 15 is 0 Å². The minimum Gasteiger partial charge on any atom is -0.336 e. The van der Waals surface area contributed by atoms with Crippen molar-refractivity contribution in [3.05, 3.63) is 18.2 Å². The molecule has 4 heteroatoms. The van der Waals surface area contributed by atoms with Crippen molar-refractivity contribution in [3.8, 4) is 0 Å². The molecule has 0 amide bonds. The van der Waals surface area contributed by atoms with E-state index in [0.717, 1.165) is 13.1 Å². The molecule has 1 fully saturated rings.